The normalized spacial score (nSPS) is 27.4. The number of hydrogen-bond donors (Lipinski definition) is 3. The van der Waals surface area contributed by atoms with Gasteiger partial charge in [-0.05, 0) is 38.3 Å². The van der Waals surface area contributed by atoms with E-state index in [0.29, 0.717) is 36.5 Å². The zero-order chi connectivity index (χ0) is 14.7. The summed E-state index contributed by atoms with van der Waals surface area (Å²) in [6.07, 6.45) is 3.38. The zero-order valence-electron chi connectivity index (χ0n) is 12.4. The molecule has 0 radical (unpaired) electrons. The number of rotatable bonds is 6. The number of nitrogen functional groups attached to an aromatic ring is 1. The molecule has 3 aliphatic rings. The molecular weight excluding hydrogens is 270 g/mol. The third kappa shape index (κ3) is 3.33. The molecule has 1 atom stereocenters. The molecule has 116 valence electrons. The van der Waals surface area contributed by atoms with E-state index in [-0.39, 0.29) is 0 Å². The smallest absolute Gasteiger partial charge is 0.323 e. The van der Waals surface area contributed by atoms with Crippen LogP contribution < -0.4 is 21.3 Å². The average molecular weight is 293 g/mol. The molecule has 1 aromatic rings. The van der Waals surface area contributed by atoms with Crippen molar-refractivity contribution in [2.75, 3.05) is 37.0 Å². The minimum Gasteiger partial charge on any atom is -0.463 e. The lowest BCUT2D eigenvalue weighted by Gasteiger charge is -2.44. The van der Waals surface area contributed by atoms with Crippen LogP contribution in [0, 0.1) is 5.92 Å². The summed E-state index contributed by atoms with van der Waals surface area (Å²) in [7, 11) is 0. The molecule has 1 unspecified atom stereocenters. The molecule has 0 aromatic carbocycles. The molecule has 0 spiro atoms. The Hall–Kier alpha value is -1.67. The van der Waals surface area contributed by atoms with Gasteiger partial charge in [-0.1, -0.05) is 6.92 Å². The Bertz CT molecular complexity index is 476. The number of nitrogens with one attached hydrogen (secondary N) is 2. The van der Waals surface area contributed by atoms with Gasteiger partial charge in [-0.3, -0.25) is 5.43 Å². The van der Waals surface area contributed by atoms with Gasteiger partial charge in [-0.15, -0.1) is 0 Å². The van der Waals surface area contributed by atoms with Crippen LogP contribution in [0.4, 0.5) is 11.9 Å². The molecule has 3 fully saturated rings. The first-order valence-electron chi connectivity index (χ1n) is 7.63. The van der Waals surface area contributed by atoms with Crippen LogP contribution in [0.2, 0.25) is 0 Å². The van der Waals surface area contributed by atoms with Crippen LogP contribution in [0.1, 0.15) is 26.2 Å². The molecule has 0 amide bonds. The number of anilines is 2. The van der Waals surface area contributed by atoms with E-state index < -0.39 is 0 Å². The molecule has 21 heavy (non-hydrogen) atoms. The maximum Gasteiger partial charge on any atom is 0.323 e. The summed E-state index contributed by atoms with van der Waals surface area (Å²) in [6, 6.07) is 0.697. The van der Waals surface area contributed by atoms with Gasteiger partial charge < -0.3 is 15.0 Å². The van der Waals surface area contributed by atoms with Crippen LogP contribution in [-0.4, -0.2) is 52.1 Å². The Morgan fingerprint density at radius 2 is 2.00 bits per heavy atom. The van der Waals surface area contributed by atoms with Gasteiger partial charge in [0.05, 0.1) is 6.61 Å². The Balaban J connectivity index is 1.71. The van der Waals surface area contributed by atoms with Crippen LogP contribution in [0.25, 0.3) is 0 Å². The Morgan fingerprint density at radius 1 is 1.24 bits per heavy atom. The van der Waals surface area contributed by atoms with Crippen molar-refractivity contribution >= 4 is 11.9 Å². The molecule has 4 heterocycles. The van der Waals surface area contributed by atoms with Crippen molar-refractivity contribution in [3.8, 4) is 6.01 Å². The molecule has 2 bridgehead atoms. The maximum absolute atomic E-state index is 5.48. The molecule has 0 aliphatic carbocycles. The zero-order valence-corrected chi connectivity index (χ0v) is 12.4. The molecule has 8 heteroatoms. The van der Waals surface area contributed by atoms with Gasteiger partial charge in [0, 0.05) is 12.6 Å². The van der Waals surface area contributed by atoms with E-state index >= 15 is 0 Å². The van der Waals surface area contributed by atoms with Crippen LogP contribution in [0.5, 0.6) is 6.01 Å². The van der Waals surface area contributed by atoms with Gasteiger partial charge in [-0.2, -0.15) is 15.0 Å². The number of fused-ring (bicyclic) bond motifs is 3. The van der Waals surface area contributed by atoms with E-state index in [1.165, 1.54) is 25.9 Å². The minimum atomic E-state index is 0.309. The van der Waals surface area contributed by atoms with Crippen LogP contribution in [0.3, 0.4) is 0 Å². The lowest BCUT2D eigenvalue weighted by molar-refractivity contribution is 0.0971. The third-order valence-corrected chi connectivity index (χ3v) is 4.15. The van der Waals surface area contributed by atoms with Crippen molar-refractivity contribution in [1.82, 2.24) is 19.9 Å². The van der Waals surface area contributed by atoms with Crippen LogP contribution in [0.15, 0.2) is 0 Å². The first kappa shape index (κ1) is 14.3. The number of hydrazine groups is 1. The van der Waals surface area contributed by atoms with Crippen molar-refractivity contribution in [2.24, 2.45) is 11.8 Å². The topological polar surface area (TPSA) is 101 Å². The van der Waals surface area contributed by atoms with E-state index in [1.54, 1.807) is 0 Å². The molecule has 1 aromatic heterocycles. The number of nitrogens with two attached hydrogens (primary N) is 1. The lowest BCUT2D eigenvalue weighted by Crippen LogP contribution is -2.53. The van der Waals surface area contributed by atoms with Crippen LogP contribution in [-0.2, 0) is 0 Å². The summed E-state index contributed by atoms with van der Waals surface area (Å²) < 4.78 is 5.48. The van der Waals surface area contributed by atoms with Crippen molar-refractivity contribution in [3.63, 3.8) is 0 Å². The quantitative estimate of drug-likeness (QED) is 0.513. The lowest BCUT2D eigenvalue weighted by atomic mass is 9.84. The summed E-state index contributed by atoms with van der Waals surface area (Å²) in [5.41, 5.74) is 2.46. The second-order valence-corrected chi connectivity index (χ2v) is 5.65. The second kappa shape index (κ2) is 6.40. The summed E-state index contributed by atoms with van der Waals surface area (Å²) in [6.45, 7) is 6.08. The number of aromatic nitrogens is 3. The van der Waals surface area contributed by atoms with Gasteiger partial charge in [0.25, 0.3) is 0 Å². The first-order valence-corrected chi connectivity index (χ1v) is 7.63. The summed E-state index contributed by atoms with van der Waals surface area (Å²) in [4.78, 5) is 15.2. The standard InChI is InChI=1S/C13H23N7O/c1-2-7-21-13-17-11(16-12(18-13)19-14)15-10-8-20-5-3-9(10)4-6-20/h9-10H,2-8,14H2,1H3,(H2,15,16,17,18,19). The van der Waals surface area contributed by atoms with E-state index in [4.69, 9.17) is 10.6 Å². The number of hydrogen-bond acceptors (Lipinski definition) is 8. The molecule has 3 saturated heterocycles. The predicted octanol–water partition coefficient (Wildman–Crippen LogP) is 0.452. The second-order valence-electron chi connectivity index (χ2n) is 5.65. The fourth-order valence-electron chi connectivity index (χ4n) is 3.04. The molecule has 0 saturated carbocycles. The van der Waals surface area contributed by atoms with Gasteiger partial charge in [0.15, 0.2) is 0 Å². The van der Waals surface area contributed by atoms with Crippen LogP contribution >= 0.6 is 0 Å². The summed E-state index contributed by atoms with van der Waals surface area (Å²) >= 11 is 0. The maximum atomic E-state index is 5.48. The summed E-state index contributed by atoms with van der Waals surface area (Å²) in [5.74, 6) is 6.96. The Kier molecular flexibility index (Phi) is 4.35. The van der Waals surface area contributed by atoms with E-state index in [0.717, 1.165) is 13.0 Å². The molecule has 8 nitrogen and oxygen atoms in total. The molecule has 4 N–H and O–H groups in total. The molecule has 4 rings (SSSR count). The van der Waals surface area contributed by atoms with E-state index in [9.17, 15) is 0 Å². The number of ether oxygens (including phenoxy) is 1. The third-order valence-electron chi connectivity index (χ3n) is 4.15. The Labute approximate surface area is 124 Å². The van der Waals surface area contributed by atoms with Crippen molar-refractivity contribution < 1.29 is 4.74 Å². The van der Waals surface area contributed by atoms with Gasteiger partial charge in [-0.25, -0.2) is 5.84 Å². The Morgan fingerprint density at radius 3 is 2.62 bits per heavy atom. The van der Waals surface area contributed by atoms with E-state index in [2.05, 4.69) is 30.6 Å². The van der Waals surface area contributed by atoms with E-state index in [1.807, 2.05) is 6.92 Å². The molecular formula is C13H23N7O. The molecule has 3 aliphatic heterocycles. The fraction of sp³-hybridized carbons (Fsp3) is 0.769. The highest BCUT2D eigenvalue weighted by Crippen LogP contribution is 2.29. The van der Waals surface area contributed by atoms with Gasteiger partial charge in [0.1, 0.15) is 0 Å². The van der Waals surface area contributed by atoms with Crippen molar-refractivity contribution in [1.29, 1.82) is 0 Å². The SMILES string of the molecule is CCCOc1nc(NN)nc(NC2CN3CCC2CC3)n1. The fourth-order valence-corrected chi connectivity index (χ4v) is 3.04. The summed E-state index contributed by atoms with van der Waals surface area (Å²) in [5, 5.41) is 3.42. The minimum absolute atomic E-state index is 0.309. The monoisotopic (exact) mass is 293 g/mol. The predicted molar refractivity (Wildman–Crippen MR) is 80.0 cm³/mol. The highest BCUT2D eigenvalue weighted by atomic mass is 16.5. The van der Waals surface area contributed by atoms with Crippen molar-refractivity contribution in [3.05, 3.63) is 0 Å². The van der Waals surface area contributed by atoms with Gasteiger partial charge >= 0.3 is 6.01 Å². The number of piperidine rings is 3. The highest BCUT2D eigenvalue weighted by Gasteiger charge is 2.34. The highest BCUT2D eigenvalue weighted by molar-refractivity contribution is 5.36. The van der Waals surface area contributed by atoms with Crippen molar-refractivity contribution in [2.45, 2.75) is 32.2 Å². The first-order chi connectivity index (χ1) is 10.3. The average Bonchev–Trinajstić information content (AvgIpc) is 2.54. The largest absolute Gasteiger partial charge is 0.463 e. The van der Waals surface area contributed by atoms with Gasteiger partial charge in [0.2, 0.25) is 11.9 Å². The number of nitrogens with zero attached hydrogens (tertiary/aromatic N) is 4.